The highest BCUT2D eigenvalue weighted by Gasteiger charge is 2.48. The van der Waals surface area contributed by atoms with Gasteiger partial charge in [0, 0.05) is 5.69 Å². The van der Waals surface area contributed by atoms with Crippen molar-refractivity contribution in [2.24, 2.45) is 11.8 Å². The number of aryl methyl sites for hydroxylation is 1. The Kier molecular flexibility index (Phi) is 11.0. The van der Waals surface area contributed by atoms with Crippen LogP contribution in [0, 0.1) is 23.5 Å². The van der Waals surface area contributed by atoms with Crippen molar-refractivity contribution in [1.82, 2.24) is 5.32 Å². The minimum atomic E-state index is -4.48. The second-order valence-corrected chi connectivity index (χ2v) is 14.4. The van der Waals surface area contributed by atoms with Crippen LogP contribution in [0.25, 0.3) is 0 Å². The van der Waals surface area contributed by atoms with Crippen LogP contribution in [0.3, 0.4) is 0 Å². The predicted molar refractivity (Wildman–Crippen MR) is 173 cm³/mol. The number of carbonyl (C=O) groups excluding carboxylic acids is 2. The number of nitrogens with one attached hydrogen (secondary N) is 1. The second kappa shape index (κ2) is 14.8. The fraction of sp³-hybridized carbons (Fsp3) is 0.429. The number of nitrogens with zero attached hydrogens (tertiary/aromatic N) is 1. The van der Waals surface area contributed by atoms with Gasteiger partial charge in [-0.2, -0.15) is 8.42 Å². The Morgan fingerprint density at radius 1 is 1.02 bits per heavy atom. The van der Waals surface area contributed by atoms with E-state index in [0.29, 0.717) is 36.9 Å². The molecule has 2 aliphatic rings. The molecule has 258 valence electrons. The molecule has 13 heteroatoms. The first-order valence-electron chi connectivity index (χ1n) is 15.8. The van der Waals surface area contributed by atoms with E-state index in [0.717, 1.165) is 11.1 Å². The number of carbonyl (C=O) groups is 2. The van der Waals surface area contributed by atoms with Gasteiger partial charge in [0.15, 0.2) is 5.37 Å². The molecule has 3 aromatic rings. The fourth-order valence-electron chi connectivity index (χ4n) is 6.18. The maximum Gasteiger partial charge on any atom is 0.286 e. The van der Waals surface area contributed by atoms with Crippen LogP contribution >= 0.6 is 0 Å². The van der Waals surface area contributed by atoms with Gasteiger partial charge in [-0.3, -0.25) is 14.1 Å². The highest BCUT2D eigenvalue weighted by molar-refractivity contribution is 7.86. The van der Waals surface area contributed by atoms with Crippen molar-refractivity contribution < 1.29 is 45.9 Å². The van der Waals surface area contributed by atoms with E-state index in [2.05, 4.69) is 5.32 Å². The second-order valence-electron chi connectivity index (χ2n) is 12.8. The summed E-state index contributed by atoms with van der Waals surface area (Å²) in [6, 6.07) is 18.8. The molecule has 0 saturated carbocycles. The van der Waals surface area contributed by atoms with Crippen molar-refractivity contribution in [1.29, 1.82) is 0 Å². The summed E-state index contributed by atoms with van der Waals surface area (Å²) in [4.78, 5) is 27.5. The molecule has 3 N–H and O–H groups in total. The van der Waals surface area contributed by atoms with Crippen LogP contribution < -0.4 is 10.2 Å². The van der Waals surface area contributed by atoms with E-state index >= 15 is 0 Å². The Morgan fingerprint density at radius 2 is 1.62 bits per heavy atom. The smallest absolute Gasteiger partial charge is 0.286 e. The minimum absolute atomic E-state index is 0.133. The average molecular weight is 687 g/mol. The van der Waals surface area contributed by atoms with Gasteiger partial charge < -0.3 is 24.8 Å². The molecule has 2 saturated heterocycles. The number of hydrogen-bond donors (Lipinski definition) is 3. The molecule has 3 aromatic carbocycles. The van der Waals surface area contributed by atoms with Gasteiger partial charge in [0.1, 0.15) is 23.8 Å². The predicted octanol–water partition coefficient (Wildman–Crippen LogP) is 4.89. The summed E-state index contributed by atoms with van der Waals surface area (Å²) in [7, 11) is -4.48. The lowest BCUT2D eigenvalue weighted by Gasteiger charge is -2.48. The maximum absolute atomic E-state index is 13.7. The number of anilines is 1. The van der Waals surface area contributed by atoms with Crippen molar-refractivity contribution in [3.63, 3.8) is 0 Å². The van der Waals surface area contributed by atoms with Crippen LogP contribution in [-0.2, 0) is 35.6 Å². The number of β-lactam (4-membered cyclic amide) rings is 1. The highest BCUT2D eigenvalue weighted by atomic mass is 32.2. The van der Waals surface area contributed by atoms with Gasteiger partial charge in [-0.05, 0) is 84.7 Å². The van der Waals surface area contributed by atoms with E-state index < -0.39 is 63.2 Å². The van der Waals surface area contributed by atoms with E-state index in [-0.39, 0.29) is 25.2 Å². The third kappa shape index (κ3) is 8.27. The highest BCUT2D eigenvalue weighted by Crippen LogP contribution is 2.46. The zero-order valence-electron chi connectivity index (χ0n) is 26.7. The lowest BCUT2D eigenvalue weighted by molar-refractivity contribution is -0.212. The molecule has 0 aromatic heterocycles. The quantitative estimate of drug-likeness (QED) is 0.152. The topological polar surface area (TPSA) is 142 Å². The molecule has 48 heavy (non-hydrogen) atoms. The molecule has 0 spiro atoms. The number of ether oxygens (including phenoxy) is 2. The van der Waals surface area contributed by atoms with Crippen molar-refractivity contribution in [2.75, 3.05) is 24.7 Å². The van der Waals surface area contributed by atoms with Gasteiger partial charge in [-0.15, -0.1) is 0 Å². The third-order valence-corrected chi connectivity index (χ3v) is 10.3. The first-order chi connectivity index (χ1) is 22.8. The summed E-state index contributed by atoms with van der Waals surface area (Å²) in [5.74, 6) is -2.58. The van der Waals surface area contributed by atoms with Gasteiger partial charge in [-0.1, -0.05) is 50.2 Å². The van der Waals surface area contributed by atoms with Crippen molar-refractivity contribution in [2.45, 2.75) is 62.7 Å². The number of amides is 2. The van der Waals surface area contributed by atoms with Crippen molar-refractivity contribution in [3.8, 4) is 0 Å². The van der Waals surface area contributed by atoms with E-state index in [1.165, 1.54) is 36.4 Å². The molecule has 2 heterocycles. The number of aliphatic hydroxyl groups excluding tert-OH is 1. The summed E-state index contributed by atoms with van der Waals surface area (Å²) in [5.41, 5.74) is 2.26. The zero-order valence-corrected chi connectivity index (χ0v) is 27.5. The number of hydrogen-bond acceptors (Lipinski definition) is 7. The molecular weight excluding hydrogens is 646 g/mol. The zero-order chi connectivity index (χ0) is 34.6. The number of rotatable bonds is 15. The standard InChI is InChI=1S/C35H40F2N2O8S/c1-22(2)33(48(43,44)45)38-31(41)19-47-35(20-46-21-35)18-17-23-3-5-25(6-4-23)32-29(15-16-30(40)24-7-9-26(36)10-8-24)34(42)39(32)28-13-11-27(37)12-14-28/h3-14,22,29-30,32-33,40H,15-21H2,1-2H3,(H,38,41)(H,43,44,45)/t29-,30?,32?,33?/m1/s1. The van der Waals surface area contributed by atoms with E-state index in [1.807, 2.05) is 24.3 Å². The monoisotopic (exact) mass is 686 g/mol. The Balaban J connectivity index is 1.23. The van der Waals surface area contributed by atoms with Crippen LogP contribution in [0.15, 0.2) is 72.8 Å². The van der Waals surface area contributed by atoms with Gasteiger partial charge in [0.05, 0.1) is 31.3 Å². The summed E-state index contributed by atoms with van der Waals surface area (Å²) < 4.78 is 70.9. The van der Waals surface area contributed by atoms with Gasteiger partial charge in [-0.25, -0.2) is 8.78 Å². The largest absolute Gasteiger partial charge is 0.388 e. The van der Waals surface area contributed by atoms with Crippen LogP contribution in [0.4, 0.5) is 14.5 Å². The SMILES string of the molecule is CC(C)C(NC(=O)COC1(CCc2ccc(C3[C@@H](CCC(O)c4ccc(F)cc4)C(=O)N3c3ccc(F)cc3)cc2)COC1)S(=O)(=O)O. The molecule has 0 bridgehead atoms. The maximum atomic E-state index is 13.7. The third-order valence-electron chi connectivity index (χ3n) is 8.98. The van der Waals surface area contributed by atoms with Gasteiger partial charge >= 0.3 is 0 Å². The molecular formula is C35H40F2N2O8S. The van der Waals surface area contributed by atoms with Crippen molar-refractivity contribution in [3.05, 3.63) is 101 Å². The molecule has 3 unspecified atom stereocenters. The fourth-order valence-corrected chi connectivity index (χ4v) is 7.15. The summed E-state index contributed by atoms with van der Waals surface area (Å²) in [6.07, 6.45) is 0.931. The number of aliphatic hydroxyl groups is 1. The number of halogens is 2. The Morgan fingerprint density at radius 3 is 2.17 bits per heavy atom. The Hall–Kier alpha value is -3.75. The molecule has 2 aliphatic heterocycles. The lowest BCUT2D eigenvalue weighted by atomic mass is 9.78. The van der Waals surface area contributed by atoms with Gasteiger partial charge in [0.25, 0.3) is 10.1 Å². The first-order valence-corrected chi connectivity index (χ1v) is 17.3. The van der Waals surface area contributed by atoms with E-state index in [4.69, 9.17) is 9.47 Å². The van der Waals surface area contributed by atoms with Crippen LogP contribution in [-0.4, -0.2) is 60.7 Å². The molecule has 0 radical (unpaired) electrons. The van der Waals surface area contributed by atoms with Crippen LogP contribution in [0.1, 0.15) is 61.9 Å². The molecule has 5 rings (SSSR count). The molecule has 2 fully saturated rings. The van der Waals surface area contributed by atoms with Crippen LogP contribution in [0.5, 0.6) is 0 Å². The normalized spacial score (nSPS) is 20.1. The van der Waals surface area contributed by atoms with Gasteiger partial charge in [0.2, 0.25) is 11.8 Å². The molecule has 10 nitrogen and oxygen atoms in total. The first kappa shape index (κ1) is 35.6. The Bertz CT molecular complexity index is 1680. The summed E-state index contributed by atoms with van der Waals surface area (Å²) in [6.45, 7) is 3.28. The lowest BCUT2D eigenvalue weighted by Crippen LogP contribution is -2.55. The number of benzene rings is 3. The van der Waals surface area contributed by atoms with E-state index in [1.54, 1.807) is 30.9 Å². The summed E-state index contributed by atoms with van der Waals surface area (Å²) in [5, 5.41) is 11.6. The van der Waals surface area contributed by atoms with E-state index in [9.17, 15) is 36.4 Å². The van der Waals surface area contributed by atoms with Crippen LogP contribution in [0.2, 0.25) is 0 Å². The molecule has 2 amide bonds. The summed E-state index contributed by atoms with van der Waals surface area (Å²) >= 11 is 0. The minimum Gasteiger partial charge on any atom is -0.388 e. The molecule has 0 aliphatic carbocycles. The molecule has 4 atom stereocenters. The average Bonchev–Trinajstić information content (AvgIpc) is 3.02. The Labute approximate surface area is 278 Å². The van der Waals surface area contributed by atoms with Crippen molar-refractivity contribution >= 4 is 27.6 Å².